The van der Waals surface area contributed by atoms with Gasteiger partial charge in [0.1, 0.15) is 11.6 Å². The van der Waals surface area contributed by atoms with E-state index < -0.39 is 0 Å². The van der Waals surface area contributed by atoms with Crippen molar-refractivity contribution in [2.24, 2.45) is 0 Å². The number of unbranched alkanes of at least 4 members (excludes halogenated alkanes) is 1. The number of piperazine rings is 1. The summed E-state index contributed by atoms with van der Waals surface area (Å²) >= 11 is 0. The number of fused-ring (bicyclic) bond motifs is 1. The Morgan fingerprint density at radius 3 is 2.51 bits per heavy atom. The van der Waals surface area contributed by atoms with Crippen LogP contribution in [-0.4, -0.2) is 87.3 Å². The Kier molecular flexibility index (Phi) is 8.97. The number of likely N-dealkylation sites (tertiary alicyclic amines) is 1. The average Bonchev–Trinajstić information content (AvgIpc) is 3.36. The quantitative estimate of drug-likeness (QED) is 0.369. The van der Waals surface area contributed by atoms with Gasteiger partial charge in [-0.15, -0.1) is 0 Å². The van der Waals surface area contributed by atoms with Gasteiger partial charge >= 0.3 is 0 Å². The fourth-order valence-corrected chi connectivity index (χ4v) is 5.98. The van der Waals surface area contributed by atoms with Crippen LogP contribution >= 0.6 is 0 Å². The maximum absolute atomic E-state index is 13.5. The number of halogens is 1. The highest BCUT2D eigenvalue weighted by Gasteiger charge is 2.23. The minimum atomic E-state index is -0.173. The SMILES string of the molecule is COc1ccccc1N1CCN(CCNCCCCN2CCC(c3c[nH]c4cc(F)ccc34)CC2)CC1. The van der Waals surface area contributed by atoms with E-state index in [-0.39, 0.29) is 5.82 Å². The van der Waals surface area contributed by atoms with Gasteiger partial charge in [0.05, 0.1) is 12.8 Å². The monoisotopic (exact) mass is 507 g/mol. The number of methoxy groups -OCH3 is 1. The summed E-state index contributed by atoms with van der Waals surface area (Å²) in [5.41, 5.74) is 3.49. The third-order valence-electron chi connectivity index (χ3n) is 8.18. The van der Waals surface area contributed by atoms with Gasteiger partial charge in [-0.3, -0.25) is 4.90 Å². The van der Waals surface area contributed by atoms with Gasteiger partial charge in [-0.2, -0.15) is 0 Å². The number of hydrogen-bond acceptors (Lipinski definition) is 5. The molecule has 0 radical (unpaired) electrons. The largest absolute Gasteiger partial charge is 0.495 e. The smallest absolute Gasteiger partial charge is 0.142 e. The first-order valence-corrected chi connectivity index (χ1v) is 14.0. The summed E-state index contributed by atoms with van der Waals surface area (Å²) in [6.45, 7) is 11.1. The zero-order chi connectivity index (χ0) is 25.5. The lowest BCUT2D eigenvalue weighted by Crippen LogP contribution is -2.48. The summed E-state index contributed by atoms with van der Waals surface area (Å²) in [6.07, 6.45) is 6.95. The zero-order valence-corrected chi connectivity index (χ0v) is 22.2. The molecule has 37 heavy (non-hydrogen) atoms. The van der Waals surface area contributed by atoms with E-state index in [1.54, 1.807) is 19.2 Å². The Hall–Kier alpha value is -2.61. The molecule has 0 bridgehead atoms. The van der Waals surface area contributed by atoms with Gasteiger partial charge < -0.3 is 24.8 Å². The van der Waals surface area contributed by atoms with Gasteiger partial charge in [0, 0.05) is 56.4 Å². The first kappa shape index (κ1) is 26.0. The summed E-state index contributed by atoms with van der Waals surface area (Å²) < 4.78 is 19.0. The molecule has 0 unspecified atom stereocenters. The first-order chi connectivity index (χ1) is 18.2. The highest BCUT2D eigenvalue weighted by Crippen LogP contribution is 2.33. The van der Waals surface area contributed by atoms with Crippen molar-refractivity contribution < 1.29 is 9.13 Å². The molecule has 200 valence electrons. The van der Waals surface area contributed by atoms with Gasteiger partial charge in [-0.1, -0.05) is 12.1 Å². The lowest BCUT2D eigenvalue weighted by Gasteiger charge is -2.36. The molecule has 2 saturated heterocycles. The van der Waals surface area contributed by atoms with E-state index >= 15 is 0 Å². The van der Waals surface area contributed by atoms with Crippen LogP contribution in [0.2, 0.25) is 0 Å². The summed E-state index contributed by atoms with van der Waals surface area (Å²) in [7, 11) is 1.75. The van der Waals surface area contributed by atoms with Crippen LogP contribution < -0.4 is 15.0 Å². The maximum Gasteiger partial charge on any atom is 0.142 e. The van der Waals surface area contributed by atoms with E-state index in [2.05, 4.69) is 43.3 Å². The van der Waals surface area contributed by atoms with Crippen LogP contribution in [0.1, 0.15) is 37.2 Å². The number of rotatable bonds is 11. The van der Waals surface area contributed by atoms with Crippen LogP contribution in [0.15, 0.2) is 48.7 Å². The van der Waals surface area contributed by atoms with Crippen molar-refractivity contribution in [1.82, 2.24) is 20.1 Å². The molecule has 2 fully saturated rings. The van der Waals surface area contributed by atoms with E-state index in [4.69, 9.17) is 4.74 Å². The second-order valence-corrected chi connectivity index (χ2v) is 10.5. The average molecular weight is 508 g/mol. The van der Waals surface area contributed by atoms with E-state index in [0.717, 1.165) is 70.2 Å². The number of ether oxygens (including phenoxy) is 1. The second kappa shape index (κ2) is 12.8. The molecule has 1 aromatic heterocycles. The predicted octanol–water partition coefficient (Wildman–Crippen LogP) is 4.69. The van der Waals surface area contributed by atoms with Crippen molar-refractivity contribution in [3.05, 3.63) is 60.0 Å². The number of H-pyrrole nitrogens is 1. The molecule has 0 spiro atoms. The number of benzene rings is 2. The number of piperidine rings is 1. The van der Waals surface area contributed by atoms with Crippen LogP contribution in [0.4, 0.5) is 10.1 Å². The van der Waals surface area contributed by atoms with Crippen molar-refractivity contribution in [3.63, 3.8) is 0 Å². The van der Waals surface area contributed by atoms with Gasteiger partial charge in [0.2, 0.25) is 0 Å². The molecule has 2 aliphatic rings. The number of aromatic nitrogens is 1. The Bertz CT molecular complexity index is 1120. The molecular weight excluding hydrogens is 465 g/mol. The lowest BCUT2D eigenvalue weighted by atomic mass is 9.89. The van der Waals surface area contributed by atoms with Gasteiger partial charge in [-0.05, 0) is 93.7 Å². The molecule has 0 atom stereocenters. The molecule has 0 amide bonds. The third kappa shape index (κ3) is 6.64. The molecule has 5 rings (SSSR count). The van der Waals surface area contributed by atoms with Crippen LogP contribution in [0.5, 0.6) is 5.75 Å². The van der Waals surface area contributed by atoms with E-state index in [0.29, 0.717) is 5.92 Å². The van der Waals surface area contributed by atoms with E-state index in [1.165, 1.54) is 48.9 Å². The maximum atomic E-state index is 13.5. The fourth-order valence-electron chi connectivity index (χ4n) is 5.98. The molecule has 6 nitrogen and oxygen atoms in total. The van der Waals surface area contributed by atoms with Gasteiger partial charge in [0.25, 0.3) is 0 Å². The minimum Gasteiger partial charge on any atom is -0.495 e. The van der Waals surface area contributed by atoms with Crippen molar-refractivity contribution in [2.45, 2.75) is 31.6 Å². The zero-order valence-electron chi connectivity index (χ0n) is 22.2. The van der Waals surface area contributed by atoms with Gasteiger partial charge in [-0.25, -0.2) is 4.39 Å². The summed E-state index contributed by atoms with van der Waals surface area (Å²) in [4.78, 5) is 10.9. The first-order valence-electron chi connectivity index (χ1n) is 14.0. The van der Waals surface area contributed by atoms with Gasteiger partial charge in [0.15, 0.2) is 0 Å². The van der Waals surface area contributed by atoms with Crippen molar-refractivity contribution in [1.29, 1.82) is 0 Å². The Labute approximate surface area is 220 Å². The second-order valence-electron chi connectivity index (χ2n) is 10.5. The molecule has 0 saturated carbocycles. The number of aromatic amines is 1. The topological polar surface area (TPSA) is 46.8 Å². The standard InChI is InChI=1S/C30H42FN5O/c1-37-30-7-3-2-6-29(30)36-20-18-35(19-21-36)17-13-32-12-4-5-14-34-15-10-24(11-16-34)27-23-33-28-22-25(31)8-9-26(27)28/h2-3,6-9,22-24,32-33H,4-5,10-21H2,1H3. The highest BCUT2D eigenvalue weighted by molar-refractivity contribution is 5.83. The van der Waals surface area contributed by atoms with Crippen LogP contribution in [-0.2, 0) is 0 Å². The number of anilines is 1. The van der Waals surface area contributed by atoms with Crippen molar-refractivity contribution in [2.75, 3.05) is 77.5 Å². The number of nitrogens with one attached hydrogen (secondary N) is 2. The third-order valence-corrected chi connectivity index (χ3v) is 8.18. The lowest BCUT2D eigenvalue weighted by molar-refractivity contribution is 0.209. The van der Waals surface area contributed by atoms with E-state index in [9.17, 15) is 4.39 Å². The molecule has 3 heterocycles. The molecule has 3 aromatic rings. The molecule has 2 aliphatic heterocycles. The van der Waals surface area contributed by atoms with Crippen LogP contribution in [0, 0.1) is 5.82 Å². The summed E-state index contributed by atoms with van der Waals surface area (Å²) in [5.74, 6) is 1.37. The molecule has 2 N–H and O–H groups in total. The minimum absolute atomic E-state index is 0.173. The van der Waals surface area contributed by atoms with Crippen molar-refractivity contribution >= 4 is 16.6 Å². The van der Waals surface area contributed by atoms with Crippen LogP contribution in [0.3, 0.4) is 0 Å². The molecule has 7 heteroatoms. The highest BCUT2D eigenvalue weighted by atomic mass is 19.1. The Morgan fingerprint density at radius 2 is 1.70 bits per heavy atom. The normalized spacial score (nSPS) is 18.1. The Balaban J connectivity index is 0.916. The fraction of sp³-hybridized carbons (Fsp3) is 0.533. The molecular formula is C30H42FN5O. The van der Waals surface area contributed by atoms with E-state index in [1.807, 2.05) is 18.2 Å². The summed E-state index contributed by atoms with van der Waals surface area (Å²) in [5, 5.41) is 4.84. The van der Waals surface area contributed by atoms with Crippen molar-refractivity contribution in [3.8, 4) is 5.75 Å². The number of para-hydroxylation sites is 2. The number of nitrogens with zero attached hydrogens (tertiary/aromatic N) is 3. The van der Waals surface area contributed by atoms with Crippen LogP contribution in [0.25, 0.3) is 10.9 Å². The molecule has 0 aliphatic carbocycles. The Morgan fingerprint density at radius 1 is 0.919 bits per heavy atom. The summed E-state index contributed by atoms with van der Waals surface area (Å²) in [6, 6.07) is 13.4. The molecule has 2 aromatic carbocycles. The number of hydrogen-bond donors (Lipinski definition) is 2. The predicted molar refractivity (Wildman–Crippen MR) is 150 cm³/mol.